The van der Waals surface area contributed by atoms with Gasteiger partial charge in [-0.2, -0.15) is 17.5 Å². The number of nitrogens with zero attached hydrogens (tertiary/aromatic N) is 3. The first-order valence-corrected chi connectivity index (χ1v) is 10.8. The highest BCUT2D eigenvalue weighted by Crippen LogP contribution is 2.30. The smallest absolute Gasteiger partial charge is 0.370 e. The first-order chi connectivity index (χ1) is 14.0. The third-order valence-corrected chi connectivity index (χ3v) is 6.84. The zero-order valence-electron chi connectivity index (χ0n) is 16.5. The van der Waals surface area contributed by atoms with Gasteiger partial charge in [0, 0.05) is 42.7 Å². The van der Waals surface area contributed by atoms with Gasteiger partial charge < -0.3 is 10.3 Å². The van der Waals surface area contributed by atoms with Crippen molar-refractivity contribution < 1.29 is 21.6 Å². The van der Waals surface area contributed by atoms with Crippen LogP contribution in [0.25, 0.3) is 11.4 Å². The molecule has 2 aromatic heterocycles. The normalized spacial score (nSPS) is 16.6. The molecule has 0 unspecified atom stereocenters. The molecule has 0 aromatic carbocycles. The second kappa shape index (κ2) is 8.34. The van der Waals surface area contributed by atoms with E-state index in [1.165, 1.54) is 0 Å². The summed E-state index contributed by atoms with van der Waals surface area (Å²) >= 11 is 0. The first kappa shape index (κ1) is 22.2. The van der Waals surface area contributed by atoms with Crippen molar-refractivity contribution in [1.29, 1.82) is 0 Å². The molecule has 3 heterocycles. The van der Waals surface area contributed by atoms with Crippen LogP contribution in [0.15, 0.2) is 23.1 Å². The maximum absolute atomic E-state index is 12.6. The summed E-state index contributed by atoms with van der Waals surface area (Å²) in [4.78, 5) is 23.2. The van der Waals surface area contributed by atoms with Crippen LogP contribution in [-0.4, -0.2) is 52.8 Å². The molecule has 0 radical (unpaired) electrons. The Kier molecular flexibility index (Phi) is 6.18. The van der Waals surface area contributed by atoms with E-state index in [1.807, 2.05) is 0 Å². The average Bonchev–Trinajstić information content (AvgIpc) is 2.70. The number of anilines is 1. The number of hydrogen-bond donors (Lipinski definition) is 2. The fourth-order valence-electron chi connectivity index (χ4n) is 3.17. The van der Waals surface area contributed by atoms with E-state index in [0.717, 1.165) is 0 Å². The molecule has 1 aliphatic heterocycles. The third-order valence-electron chi connectivity index (χ3n) is 5.21. The Balaban J connectivity index is 1.56. The van der Waals surface area contributed by atoms with E-state index < -0.39 is 15.5 Å². The minimum absolute atomic E-state index is 0.0314. The lowest BCUT2D eigenvalue weighted by Gasteiger charge is -2.31. The molecule has 0 bridgehead atoms. The highest BCUT2D eigenvalue weighted by atomic mass is 32.2. The van der Waals surface area contributed by atoms with E-state index in [2.05, 4.69) is 20.3 Å². The lowest BCUT2D eigenvalue weighted by Crippen LogP contribution is -2.45. The molecule has 0 spiro atoms. The lowest BCUT2D eigenvalue weighted by molar-refractivity contribution is -0.0496. The zero-order valence-corrected chi connectivity index (χ0v) is 17.3. The molecule has 1 saturated heterocycles. The van der Waals surface area contributed by atoms with Crippen molar-refractivity contribution in [2.45, 2.75) is 32.2 Å². The van der Waals surface area contributed by atoms with Crippen LogP contribution in [0, 0.1) is 19.8 Å². The Labute approximate surface area is 171 Å². The van der Waals surface area contributed by atoms with E-state index in [-0.39, 0.29) is 24.6 Å². The van der Waals surface area contributed by atoms with Gasteiger partial charge in [0.05, 0.1) is 0 Å². The van der Waals surface area contributed by atoms with Crippen LogP contribution >= 0.6 is 0 Å². The van der Waals surface area contributed by atoms with Gasteiger partial charge in [-0.3, -0.25) is 4.79 Å². The second-order valence-corrected chi connectivity index (χ2v) is 9.16. The summed E-state index contributed by atoms with van der Waals surface area (Å²) in [5, 5.41) is 3.12. The van der Waals surface area contributed by atoms with Crippen LogP contribution in [0.4, 0.5) is 19.0 Å². The Bertz CT molecular complexity index is 1060. The van der Waals surface area contributed by atoms with Gasteiger partial charge in [-0.1, -0.05) is 0 Å². The van der Waals surface area contributed by atoms with Crippen LogP contribution in [0.2, 0.25) is 0 Å². The van der Waals surface area contributed by atoms with Crippen LogP contribution in [-0.2, 0) is 10.0 Å². The molecule has 1 aliphatic rings. The topological polar surface area (TPSA) is 108 Å². The van der Waals surface area contributed by atoms with Crippen molar-refractivity contribution >= 4 is 15.8 Å². The van der Waals surface area contributed by atoms with Crippen LogP contribution < -0.4 is 10.9 Å². The van der Waals surface area contributed by atoms with Crippen molar-refractivity contribution in [2.75, 3.05) is 25.0 Å². The van der Waals surface area contributed by atoms with Crippen molar-refractivity contribution in [3.05, 3.63) is 39.9 Å². The lowest BCUT2D eigenvalue weighted by atomic mass is 9.98. The Morgan fingerprint density at radius 1 is 1.23 bits per heavy atom. The van der Waals surface area contributed by atoms with E-state index in [0.29, 0.717) is 52.2 Å². The second-order valence-electron chi connectivity index (χ2n) is 7.23. The number of aromatic amines is 1. The minimum Gasteiger partial charge on any atom is -0.370 e. The highest BCUT2D eigenvalue weighted by Gasteiger charge is 2.50. The number of H-pyrrole nitrogens is 1. The predicted octanol–water partition coefficient (Wildman–Crippen LogP) is 2.42. The summed E-state index contributed by atoms with van der Waals surface area (Å²) in [7, 11) is -5.26. The summed E-state index contributed by atoms with van der Waals surface area (Å²) in [5.74, 6) is 1.01. The fraction of sp³-hybridized carbons (Fsp3) is 0.500. The Morgan fingerprint density at radius 2 is 1.90 bits per heavy atom. The number of rotatable bonds is 5. The summed E-state index contributed by atoms with van der Waals surface area (Å²) < 4.78 is 61.3. The molecule has 2 N–H and O–H groups in total. The van der Waals surface area contributed by atoms with Crippen LogP contribution in [0.1, 0.15) is 24.1 Å². The Morgan fingerprint density at radius 3 is 2.43 bits per heavy atom. The standard InChI is InChI=1S/C18H22F3N5O3S/c1-11-12(2)24-16(25-17(11)27)14-3-4-15(23-10-14)22-9-13-5-7-26(8-6-13)30(28,29)18(19,20)21/h3-4,10,13H,5-9H2,1-2H3,(H,22,23)(H,24,25,27). The third kappa shape index (κ3) is 4.64. The molecule has 0 atom stereocenters. The molecular weight excluding hydrogens is 423 g/mol. The molecule has 2 aromatic rings. The first-order valence-electron chi connectivity index (χ1n) is 9.33. The summed E-state index contributed by atoms with van der Waals surface area (Å²) in [6, 6.07) is 3.47. The molecule has 8 nitrogen and oxygen atoms in total. The van der Waals surface area contributed by atoms with Crippen molar-refractivity contribution in [3.63, 3.8) is 0 Å². The van der Waals surface area contributed by atoms with Gasteiger partial charge in [0.1, 0.15) is 11.6 Å². The van der Waals surface area contributed by atoms with Gasteiger partial charge in [0.2, 0.25) is 0 Å². The minimum atomic E-state index is -5.26. The van der Waals surface area contributed by atoms with Gasteiger partial charge in [-0.05, 0) is 44.7 Å². The molecule has 0 amide bonds. The molecular formula is C18H22F3N5O3S. The molecule has 0 aliphatic carbocycles. The largest absolute Gasteiger partial charge is 0.511 e. The van der Waals surface area contributed by atoms with Gasteiger partial charge in [-0.15, -0.1) is 0 Å². The average molecular weight is 445 g/mol. The quantitative estimate of drug-likeness (QED) is 0.732. The SMILES string of the molecule is Cc1nc(-c2ccc(NCC3CCN(S(=O)(=O)C(F)(F)F)CC3)nc2)[nH]c(=O)c1C. The van der Waals surface area contributed by atoms with Crippen molar-refractivity contribution in [1.82, 2.24) is 19.3 Å². The number of sulfonamides is 1. The van der Waals surface area contributed by atoms with Crippen molar-refractivity contribution in [2.24, 2.45) is 5.92 Å². The van der Waals surface area contributed by atoms with Crippen LogP contribution in [0.3, 0.4) is 0 Å². The van der Waals surface area contributed by atoms with E-state index in [4.69, 9.17) is 0 Å². The van der Waals surface area contributed by atoms with E-state index in [9.17, 15) is 26.4 Å². The molecule has 0 saturated carbocycles. The van der Waals surface area contributed by atoms with E-state index in [1.54, 1.807) is 32.2 Å². The predicted molar refractivity (Wildman–Crippen MR) is 105 cm³/mol. The Hall–Kier alpha value is -2.47. The monoisotopic (exact) mass is 445 g/mol. The van der Waals surface area contributed by atoms with E-state index >= 15 is 0 Å². The van der Waals surface area contributed by atoms with Crippen molar-refractivity contribution in [3.8, 4) is 11.4 Å². The molecule has 30 heavy (non-hydrogen) atoms. The number of aromatic nitrogens is 3. The number of hydrogen-bond acceptors (Lipinski definition) is 6. The number of alkyl halides is 3. The van der Waals surface area contributed by atoms with Gasteiger partial charge in [0.15, 0.2) is 0 Å². The highest BCUT2D eigenvalue weighted by molar-refractivity contribution is 7.90. The fourth-order valence-corrected chi connectivity index (χ4v) is 4.15. The molecule has 12 heteroatoms. The summed E-state index contributed by atoms with van der Waals surface area (Å²) in [5.41, 5.74) is -3.64. The summed E-state index contributed by atoms with van der Waals surface area (Å²) in [6.45, 7) is 3.59. The number of halogens is 3. The van der Waals surface area contributed by atoms with Gasteiger partial charge in [-0.25, -0.2) is 18.4 Å². The zero-order chi connectivity index (χ0) is 22.1. The number of nitrogens with one attached hydrogen (secondary N) is 2. The maximum atomic E-state index is 12.6. The number of pyridine rings is 1. The van der Waals surface area contributed by atoms with Gasteiger partial charge in [0.25, 0.3) is 5.56 Å². The maximum Gasteiger partial charge on any atom is 0.511 e. The van der Waals surface area contributed by atoms with Gasteiger partial charge >= 0.3 is 15.5 Å². The van der Waals surface area contributed by atoms with Crippen LogP contribution in [0.5, 0.6) is 0 Å². The summed E-state index contributed by atoms with van der Waals surface area (Å²) in [6.07, 6.45) is 2.22. The molecule has 164 valence electrons. The molecule has 1 fully saturated rings. The number of aryl methyl sites for hydroxylation is 1. The molecule has 3 rings (SSSR count). The number of piperidine rings is 1.